The Morgan fingerprint density at radius 1 is 1.12 bits per heavy atom. The smallest absolute Gasteiger partial charge is 0.175 e. The van der Waals surface area contributed by atoms with Crippen LogP contribution in [0.2, 0.25) is 0 Å². The fourth-order valence-electron chi connectivity index (χ4n) is 4.53. The lowest BCUT2D eigenvalue weighted by molar-refractivity contribution is -0.128. The van der Waals surface area contributed by atoms with Crippen LogP contribution in [0, 0.1) is 5.41 Å². The molecule has 40 heavy (non-hydrogen) atoms. The van der Waals surface area contributed by atoms with Crippen molar-refractivity contribution in [3.05, 3.63) is 77.3 Å². The highest BCUT2D eigenvalue weighted by Gasteiger charge is 2.36. The van der Waals surface area contributed by atoms with E-state index in [0.717, 1.165) is 42.6 Å². The van der Waals surface area contributed by atoms with Crippen molar-refractivity contribution in [1.82, 2.24) is 5.32 Å². The molecule has 224 valence electrons. The maximum Gasteiger partial charge on any atom is 0.175 e. The normalized spacial score (nSPS) is 18.4. The summed E-state index contributed by atoms with van der Waals surface area (Å²) in [6.45, 7) is 18.6. The van der Waals surface area contributed by atoms with Gasteiger partial charge in [-0.15, -0.1) is 0 Å². The van der Waals surface area contributed by atoms with E-state index in [1.807, 2.05) is 32.9 Å². The number of hydrogen-bond donors (Lipinski definition) is 4. The molecule has 4 N–H and O–H groups in total. The zero-order chi connectivity index (χ0) is 30.5. The fraction of sp³-hybridized carbons (Fsp3) is 0.545. The van der Waals surface area contributed by atoms with Crippen LogP contribution in [0.25, 0.3) is 0 Å². The van der Waals surface area contributed by atoms with Gasteiger partial charge in [-0.1, -0.05) is 79.3 Å². The molecule has 1 aliphatic heterocycles. The minimum absolute atomic E-state index is 0.0450. The Morgan fingerprint density at radius 2 is 1.77 bits per heavy atom. The summed E-state index contributed by atoms with van der Waals surface area (Å²) in [5.41, 5.74) is 2.02. The summed E-state index contributed by atoms with van der Waals surface area (Å²) in [6, 6.07) is 6.25. The minimum atomic E-state index is -0.894. The van der Waals surface area contributed by atoms with E-state index in [2.05, 4.69) is 57.8 Å². The van der Waals surface area contributed by atoms with Crippen molar-refractivity contribution in [2.45, 2.75) is 85.3 Å². The topological polar surface area (TPSA) is 108 Å². The van der Waals surface area contributed by atoms with Gasteiger partial charge in [0.25, 0.3) is 0 Å². The molecule has 0 radical (unpaired) electrons. The summed E-state index contributed by atoms with van der Waals surface area (Å²) >= 11 is 0. The third-order valence-corrected chi connectivity index (χ3v) is 7.18. The molecule has 1 aromatic carbocycles. The Bertz CT molecular complexity index is 1060. The Hall–Kier alpha value is -2.71. The van der Waals surface area contributed by atoms with Crippen LogP contribution < -0.4 is 10.1 Å². The second kappa shape index (κ2) is 16.5. The van der Waals surface area contributed by atoms with Crippen LogP contribution >= 0.6 is 0 Å². The van der Waals surface area contributed by atoms with E-state index in [4.69, 9.17) is 19.7 Å². The highest BCUT2D eigenvalue weighted by atomic mass is 16.5. The first kappa shape index (κ1) is 35.3. The highest BCUT2D eigenvalue weighted by Crippen LogP contribution is 2.43. The number of aliphatic hydroxyl groups is 3. The molecule has 0 aliphatic carbocycles. The maximum absolute atomic E-state index is 12.5. The van der Waals surface area contributed by atoms with Gasteiger partial charge in [-0.2, -0.15) is 0 Å². The fourth-order valence-corrected chi connectivity index (χ4v) is 4.53. The van der Waals surface area contributed by atoms with Crippen LogP contribution in [0.15, 0.2) is 66.2 Å². The average molecular weight is 558 g/mol. The first-order valence-electron chi connectivity index (χ1n) is 14.1. The molecule has 7 nitrogen and oxygen atoms in total. The molecule has 1 aromatic rings. The van der Waals surface area contributed by atoms with Gasteiger partial charge in [-0.05, 0) is 60.1 Å². The summed E-state index contributed by atoms with van der Waals surface area (Å²) < 4.78 is 12.4. The molecule has 0 aromatic heterocycles. The number of hydrogen-bond acceptors (Lipinski definition) is 7. The van der Waals surface area contributed by atoms with Crippen LogP contribution in [0.5, 0.6) is 5.75 Å². The van der Waals surface area contributed by atoms with Gasteiger partial charge >= 0.3 is 0 Å². The van der Waals surface area contributed by atoms with Crippen molar-refractivity contribution >= 4 is 5.78 Å². The minimum Gasteiger partial charge on any atom is -0.486 e. The lowest BCUT2D eigenvalue weighted by Crippen LogP contribution is -2.32. The van der Waals surface area contributed by atoms with Gasteiger partial charge in [-0.25, -0.2) is 0 Å². The van der Waals surface area contributed by atoms with Crippen LogP contribution in [0.1, 0.15) is 84.8 Å². The number of ether oxygens (including phenoxy) is 2. The van der Waals surface area contributed by atoms with Crippen molar-refractivity contribution in [3.8, 4) is 5.75 Å². The third-order valence-electron chi connectivity index (χ3n) is 7.18. The van der Waals surface area contributed by atoms with E-state index >= 15 is 0 Å². The molecular weight excluding hydrogens is 506 g/mol. The molecule has 0 saturated heterocycles. The molecule has 7 heteroatoms. The summed E-state index contributed by atoms with van der Waals surface area (Å²) in [5, 5.41) is 29.4. The monoisotopic (exact) mass is 557 g/mol. The van der Waals surface area contributed by atoms with Gasteiger partial charge in [0, 0.05) is 19.1 Å². The lowest BCUT2D eigenvalue weighted by Gasteiger charge is -2.35. The van der Waals surface area contributed by atoms with Crippen molar-refractivity contribution in [1.29, 1.82) is 0 Å². The number of allylic oxidation sites excluding steroid dienone is 4. The Morgan fingerprint density at radius 3 is 2.33 bits per heavy atom. The molecule has 1 heterocycles. The zero-order valence-corrected chi connectivity index (χ0v) is 25.7. The summed E-state index contributed by atoms with van der Waals surface area (Å²) in [4.78, 5) is 12.5. The molecule has 0 saturated carbocycles. The zero-order valence-electron chi connectivity index (χ0n) is 25.7. The van der Waals surface area contributed by atoms with Crippen LogP contribution in [0.4, 0.5) is 0 Å². The Labute approximate surface area is 241 Å². The maximum atomic E-state index is 12.5. The SMILES string of the molecule is C=C1/C=C\C(C(O)NCCO)=C/C/C=C(/C(CC)(CC)c2ccc(OCC(=O)C(C)(C)C)c(C(C)C)c2)O1.CO. The second-order valence-electron chi connectivity index (χ2n) is 11.1. The standard InChI is InChI=1S/C32H47NO5.CH4O/c1-9-32(10-2,29-13-11-12-24(15-14-23(5)38-29)30(36)33-18-19-34)25-16-17-27(26(20-25)22(3)4)37-21-28(35)31(6,7)8;1-2/h12-17,20,22,30,33-34,36H,5,9-11,18-19,21H2,1-4,6-8H3;2H,1H3/b15-14-,24-12+,29-13-;. The number of Topliss-reactive ketones (excluding diaryl/α,β-unsaturated/α-hetero) is 1. The quantitative estimate of drug-likeness (QED) is 0.245. The van der Waals surface area contributed by atoms with Gasteiger partial charge < -0.3 is 24.8 Å². The summed E-state index contributed by atoms with van der Waals surface area (Å²) in [6.07, 6.45) is 8.85. The van der Waals surface area contributed by atoms with Gasteiger partial charge in [0.2, 0.25) is 0 Å². The Balaban J connectivity index is 0.00000391. The van der Waals surface area contributed by atoms with Crippen molar-refractivity contribution in [2.24, 2.45) is 5.41 Å². The number of nitrogens with one attached hydrogen (secondary N) is 1. The van der Waals surface area contributed by atoms with Gasteiger partial charge in [0.15, 0.2) is 5.78 Å². The Kier molecular flexibility index (Phi) is 14.6. The predicted molar refractivity (Wildman–Crippen MR) is 162 cm³/mol. The van der Waals surface area contributed by atoms with Gasteiger partial charge in [0.1, 0.15) is 30.1 Å². The summed E-state index contributed by atoms with van der Waals surface area (Å²) in [5.74, 6) is 2.30. The van der Waals surface area contributed by atoms with Gasteiger partial charge in [-0.3, -0.25) is 10.1 Å². The second-order valence-corrected chi connectivity index (χ2v) is 11.1. The first-order valence-corrected chi connectivity index (χ1v) is 14.1. The van der Waals surface area contributed by atoms with Crippen molar-refractivity contribution in [3.63, 3.8) is 0 Å². The van der Waals surface area contributed by atoms with Crippen LogP contribution in [-0.2, 0) is 14.9 Å². The molecule has 0 bridgehead atoms. The van der Waals surface area contributed by atoms with Crippen molar-refractivity contribution < 1.29 is 29.6 Å². The highest BCUT2D eigenvalue weighted by molar-refractivity contribution is 5.85. The molecule has 0 spiro atoms. The van der Waals surface area contributed by atoms with E-state index in [0.29, 0.717) is 24.3 Å². The van der Waals surface area contributed by atoms with Crippen molar-refractivity contribution in [2.75, 3.05) is 26.9 Å². The number of rotatable bonds is 12. The molecule has 0 amide bonds. The molecule has 1 aliphatic rings. The molecule has 0 fully saturated rings. The number of carbonyl (C=O) groups is 1. The third kappa shape index (κ3) is 9.44. The van der Waals surface area contributed by atoms with Crippen LogP contribution in [0.3, 0.4) is 0 Å². The van der Waals surface area contributed by atoms with E-state index in [-0.39, 0.29) is 24.9 Å². The number of aliphatic hydroxyl groups excluding tert-OH is 3. The molecule has 1 unspecified atom stereocenters. The van der Waals surface area contributed by atoms with Gasteiger partial charge in [0.05, 0.1) is 12.0 Å². The van der Waals surface area contributed by atoms with E-state index in [9.17, 15) is 9.90 Å². The van der Waals surface area contributed by atoms with Crippen LogP contribution in [-0.4, -0.2) is 54.2 Å². The molecular formula is C33H51NO6. The number of ketones is 1. The van der Waals surface area contributed by atoms with E-state index in [1.54, 1.807) is 12.2 Å². The molecule has 2 rings (SSSR count). The first-order chi connectivity index (χ1) is 18.9. The number of carbonyl (C=O) groups excluding carboxylic acids is 1. The van der Waals surface area contributed by atoms with E-state index < -0.39 is 17.1 Å². The average Bonchev–Trinajstić information content (AvgIpc) is 3.02. The van der Waals surface area contributed by atoms with E-state index in [1.165, 1.54) is 0 Å². The number of benzene rings is 1. The summed E-state index contributed by atoms with van der Waals surface area (Å²) in [7, 11) is 1.00. The largest absolute Gasteiger partial charge is 0.486 e. The predicted octanol–water partition coefficient (Wildman–Crippen LogP) is 5.67. The molecule has 1 atom stereocenters. The lowest BCUT2D eigenvalue weighted by atomic mass is 9.73.